The van der Waals surface area contributed by atoms with E-state index in [-0.39, 0.29) is 8.85 Å². The molecule has 0 aliphatic rings. The van der Waals surface area contributed by atoms with Crippen molar-refractivity contribution in [2.75, 3.05) is 0 Å². The van der Waals surface area contributed by atoms with Crippen LogP contribution in [0.1, 0.15) is 1.43 Å². The van der Waals surface area contributed by atoms with E-state index in [4.69, 9.17) is 0 Å². The highest BCUT2D eigenvalue weighted by Gasteiger charge is 2.31. The molecular formula is C49H45B2+. The summed E-state index contributed by atoms with van der Waals surface area (Å²) < 4.78 is 0. The van der Waals surface area contributed by atoms with Gasteiger partial charge in [-0.25, -0.2) is 0 Å². The molecule has 8 aromatic rings. The minimum atomic E-state index is -1.22. The first-order valence-electron chi connectivity index (χ1n) is 17.4. The van der Waals surface area contributed by atoms with E-state index in [9.17, 15) is 0 Å². The average Bonchev–Trinajstić information content (AvgIpc) is 3.22. The van der Waals surface area contributed by atoms with Gasteiger partial charge in [0.15, 0.2) is 0 Å². The SMILES string of the molecule is [CH3+].[H+].c1ccc(B(c2ccccc2)c2ccccc2)cc1.c1ccc([B-](c2ccccc2)(c2ccccc2)c2ccccc2)cc1.c1ccccc1. The molecule has 0 aromatic heterocycles. The highest BCUT2D eigenvalue weighted by atomic mass is 14.1. The lowest BCUT2D eigenvalue weighted by Gasteiger charge is -2.44. The third kappa shape index (κ3) is 9.06. The Balaban J connectivity index is 0.000000198. The highest BCUT2D eigenvalue weighted by Crippen LogP contribution is 2.09. The Labute approximate surface area is 307 Å². The van der Waals surface area contributed by atoms with Gasteiger partial charge in [0.25, 0.3) is 0 Å². The molecule has 0 nitrogen and oxygen atoms in total. The van der Waals surface area contributed by atoms with Crippen LogP contribution in [-0.4, -0.2) is 12.9 Å². The fourth-order valence-corrected chi connectivity index (χ4v) is 7.02. The molecule has 8 rings (SSSR count). The monoisotopic (exact) mass is 655 g/mol. The second-order valence-corrected chi connectivity index (χ2v) is 12.3. The summed E-state index contributed by atoms with van der Waals surface area (Å²) in [4.78, 5) is 0. The van der Waals surface area contributed by atoms with Gasteiger partial charge in [0.05, 0.1) is 0 Å². The zero-order chi connectivity index (χ0) is 34.1. The highest BCUT2D eigenvalue weighted by molar-refractivity contribution is 7.19. The summed E-state index contributed by atoms with van der Waals surface area (Å²) in [5.74, 6) is 0. The fraction of sp³-hybridized carbons (Fsp3) is 0. The van der Waals surface area contributed by atoms with Crippen LogP contribution in [0.15, 0.2) is 249 Å². The largest absolute Gasteiger partial charge is 1.00 e. The van der Waals surface area contributed by atoms with Gasteiger partial charge < -0.3 is 0 Å². The normalized spacial score (nSPS) is 10.2. The zero-order valence-electron chi connectivity index (χ0n) is 30.3. The lowest BCUT2D eigenvalue weighted by Crippen LogP contribution is -2.74. The lowest BCUT2D eigenvalue weighted by molar-refractivity contribution is 1.66. The van der Waals surface area contributed by atoms with Crippen molar-refractivity contribution in [3.8, 4) is 0 Å². The van der Waals surface area contributed by atoms with Crippen molar-refractivity contribution in [2.24, 2.45) is 0 Å². The maximum atomic E-state index is 2.26. The van der Waals surface area contributed by atoms with Crippen molar-refractivity contribution in [1.82, 2.24) is 0 Å². The third-order valence-corrected chi connectivity index (χ3v) is 9.26. The van der Waals surface area contributed by atoms with Crippen LogP contribution in [0.4, 0.5) is 0 Å². The molecule has 0 heterocycles. The van der Waals surface area contributed by atoms with Gasteiger partial charge >= 0.3 is 1.43 Å². The first kappa shape index (κ1) is 36.1. The molecule has 51 heavy (non-hydrogen) atoms. The summed E-state index contributed by atoms with van der Waals surface area (Å²) in [6.07, 6.45) is -1.22. The van der Waals surface area contributed by atoms with Crippen molar-refractivity contribution in [3.05, 3.63) is 256 Å². The van der Waals surface area contributed by atoms with E-state index < -0.39 is 6.15 Å². The molecule has 0 bridgehead atoms. The quantitative estimate of drug-likeness (QED) is 0.123. The summed E-state index contributed by atoms with van der Waals surface area (Å²) >= 11 is 0. The van der Waals surface area contributed by atoms with Gasteiger partial charge in [-0.1, -0.05) is 265 Å². The average molecular weight is 656 g/mol. The van der Waals surface area contributed by atoms with Crippen LogP contribution in [0.25, 0.3) is 0 Å². The van der Waals surface area contributed by atoms with Crippen LogP contribution in [-0.2, 0) is 0 Å². The van der Waals surface area contributed by atoms with Crippen LogP contribution in [0, 0.1) is 7.43 Å². The van der Waals surface area contributed by atoms with Crippen LogP contribution in [0.3, 0.4) is 0 Å². The Morgan fingerprint density at radius 1 is 0.235 bits per heavy atom. The van der Waals surface area contributed by atoms with Gasteiger partial charge in [-0.3, -0.25) is 0 Å². The number of benzene rings is 8. The predicted molar refractivity (Wildman–Crippen MR) is 228 cm³/mol. The molecule has 0 saturated heterocycles. The van der Waals surface area contributed by atoms with Crippen molar-refractivity contribution in [3.63, 3.8) is 0 Å². The molecule has 0 atom stereocenters. The maximum absolute atomic E-state index is 2.26. The molecule has 0 aliphatic carbocycles. The summed E-state index contributed by atoms with van der Waals surface area (Å²) in [5.41, 5.74) is 9.36. The standard InChI is InChI=1S/C24H20B.C18H15B.C6H6.CH3/c1-5-13-21(14-6-1)25(22-15-7-2-8-16-22,23-17-9-3-10-18-23)24-19-11-4-12-20-24;1-4-10-16(11-5-1)19(17-12-6-2-7-13-17)18-14-8-3-9-15-18;1-2-4-6-5-3-1;/h1-20H;1-15H;1-6H;1H3/q-1;;;+1/p+1. The molecule has 0 unspecified atom stereocenters. The maximum Gasteiger partial charge on any atom is 1.00 e. The van der Waals surface area contributed by atoms with Crippen LogP contribution < -0.4 is 38.2 Å². The van der Waals surface area contributed by atoms with E-state index in [1.165, 1.54) is 38.2 Å². The van der Waals surface area contributed by atoms with E-state index in [1.54, 1.807) is 0 Å². The van der Waals surface area contributed by atoms with Gasteiger partial charge in [-0.2, -0.15) is 21.9 Å². The summed E-state index contributed by atoms with van der Waals surface area (Å²) in [6, 6.07) is 87.6. The lowest BCUT2D eigenvalue weighted by atomic mass is 9.13. The Morgan fingerprint density at radius 3 is 0.588 bits per heavy atom. The van der Waals surface area contributed by atoms with Crippen molar-refractivity contribution < 1.29 is 1.43 Å². The Morgan fingerprint density at radius 2 is 0.392 bits per heavy atom. The van der Waals surface area contributed by atoms with E-state index >= 15 is 0 Å². The van der Waals surface area contributed by atoms with Crippen molar-refractivity contribution in [1.29, 1.82) is 0 Å². The van der Waals surface area contributed by atoms with Gasteiger partial charge in [0.2, 0.25) is 6.71 Å². The minimum Gasteiger partial charge on any atom is -0.195 e. The molecule has 2 heteroatoms. The smallest absolute Gasteiger partial charge is 0.195 e. The number of rotatable bonds is 7. The minimum absolute atomic E-state index is 0. The number of hydrogen-bond donors (Lipinski definition) is 0. The Bertz CT molecular complexity index is 1780. The fourth-order valence-electron chi connectivity index (χ4n) is 7.02. The molecule has 0 aliphatic heterocycles. The molecule has 0 saturated carbocycles. The molecule has 0 amide bonds. The first-order chi connectivity index (χ1) is 24.9. The molecular weight excluding hydrogens is 610 g/mol. The molecule has 0 fully saturated rings. The topological polar surface area (TPSA) is 0 Å². The van der Waals surface area contributed by atoms with E-state index in [0.717, 1.165) is 0 Å². The molecule has 0 spiro atoms. The second kappa shape index (κ2) is 19.1. The zero-order valence-corrected chi connectivity index (χ0v) is 29.3. The van der Waals surface area contributed by atoms with Crippen LogP contribution >= 0.6 is 0 Å². The van der Waals surface area contributed by atoms with Crippen LogP contribution in [0.5, 0.6) is 0 Å². The molecule has 0 N–H and O–H groups in total. The first-order valence-corrected chi connectivity index (χ1v) is 17.4. The second-order valence-electron chi connectivity index (χ2n) is 12.3. The van der Waals surface area contributed by atoms with Gasteiger partial charge in [0, 0.05) is 7.43 Å². The van der Waals surface area contributed by atoms with Crippen LogP contribution in [0.2, 0.25) is 0 Å². The molecule has 8 aromatic carbocycles. The predicted octanol–water partition coefficient (Wildman–Crippen LogP) is 7.52. The van der Waals surface area contributed by atoms with Crippen molar-refractivity contribution >= 4 is 51.1 Å². The molecule has 246 valence electrons. The summed E-state index contributed by atoms with van der Waals surface area (Å²) in [7, 11) is 0. The van der Waals surface area contributed by atoms with Gasteiger partial charge in [-0.15, -0.1) is 0 Å². The molecule has 0 radical (unpaired) electrons. The third-order valence-electron chi connectivity index (χ3n) is 9.26. The van der Waals surface area contributed by atoms with E-state index in [0.29, 0.717) is 6.71 Å². The number of hydrogen-bond acceptors (Lipinski definition) is 0. The van der Waals surface area contributed by atoms with Gasteiger partial charge in [0.1, 0.15) is 6.15 Å². The Hall–Kier alpha value is -6.24. The van der Waals surface area contributed by atoms with E-state index in [2.05, 4.69) is 212 Å². The van der Waals surface area contributed by atoms with Gasteiger partial charge in [-0.05, 0) is 0 Å². The van der Waals surface area contributed by atoms with Crippen molar-refractivity contribution in [2.45, 2.75) is 0 Å². The summed E-state index contributed by atoms with van der Waals surface area (Å²) in [6.45, 7) is 0.309. The summed E-state index contributed by atoms with van der Waals surface area (Å²) in [5, 5.41) is 0. The van der Waals surface area contributed by atoms with E-state index in [1.807, 2.05) is 36.4 Å². The Kier molecular flexibility index (Phi) is 13.5.